The molecule has 2 rings (SSSR count). The summed E-state index contributed by atoms with van der Waals surface area (Å²) in [6.45, 7) is 5.76. The number of hydrogen-bond donors (Lipinski definition) is 2. The molecule has 1 aromatic rings. The third-order valence-corrected chi connectivity index (χ3v) is 3.89. The highest BCUT2D eigenvalue weighted by Crippen LogP contribution is 2.14. The van der Waals surface area contributed by atoms with Crippen LogP contribution in [0.3, 0.4) is 0 Å². The van der Waals surface area contributed by atoms with E-state index in [1.807, 2.05) is 6.07 Å². The molecule has 1 aromatic heterocycles. The van der Waals surface area contributed by atoms with Crippen LogP contribution in [-0.4, -0.2) is 71.1 Å². The predicted molar refractivity (Wildman–Crippen MR) is 82.2 cm³/mol. The van der Waals surface area contributed by atoms with Gasteiger partial charge in [-0.25, -0.2) is 4.98 Å². The van der Waals surface area contributed by atoms with E-state index >= 15 is 0 Å². The number of oxime groups is 1. The molecular weight excluding hydrogens is 268 g/mol. The summed E-state index contributed by atoms with van der Waals surface area (Å²) < 4.78 is 0. The second-order valence-electron chi connectivity index (χ2n) is 5.55. The highest BCUT2D eigenvalue weighted by molar-refractivity contribution is 5.80. The molecule has 2 heterocycles. The Bertz CT molecular complexity index is 471. The maximum absolute atomic E-state index is 9.55. The largest absolute Gasteiger partial charge is 0.506 e. The van der Waals surface area contributed by atoms with E-state index in [4.69, 9.17) is 5.21 Å². The zero-order valence-corrected chi connectivity index (χ0v) is 12.6. The number of aromatic hydroxyl groups is 1. The Kier molecular flexibility index (Phi) is 5.95. The summed E-state index contributed by atoms with van der Waals surface area (Å²) in [7, 11) is 2.17. The summed E-state index contributed by atoms with van der Waals surface area (Å²) in [6, 6.07) is 3.42. The van der Waals surface area contributed by atoms with E-state index in [0.29, 0.717) is 5.69 Å². The second-order valence-corrected chi connectivity index (χ2v) is 5.55. The summed E-state index contributed by atoms with van der Waals surface area (Å²) in [4.78, 5) is 9.15. The van der Waals surface area contributed by atoms with Crippen LogP contribution in [0.4, 0.5) is 0 Å². The first-order chi connectivity index (χ1) is 10.2. The van der Waals surface area contributed by atoms with Gasteiger partial charge < -0.3 is 20.1 Å². The van der Waals surface area contributed by atoms with Crippen molar-refractivity contribution in [3.05, 3.63) is 23.5 Å². The van der Waals surface area contributed by atoms with Crippen LogP contribution < -0.4 is 0 Å². The van der Waals surface area contributed by atoms with Gasteiger partial charge in [0.25, 0.3) is 0 Å². The number of aromatic nitrogens is 1. The van der Waals surface area contributed by atoms with Crippen molar-refractivity contribution in [2.45, 2.75) is 19.3 Å². The van der Waals surface area contributed by atoms with Crippen molar-refractivity contribution < 1.29 is 10.3 Å². The average Bonchev–Trinajstić information content (AvgIpc) is 2.49. The minimum atomic E-state index is 0.0361. The fourth-order valence-electron chi connectivity index (χ4n) is 2.51. The van der Waals surface area contributed by atoms with Gasteiger partial charge in [-0.05, 0) is 45.0 Å². The van der Waals surface area contributed by atoms with Crippen molar-refractivity contribution in [3.63, 3.8) is 0 Å². The summed E-state index contributed by atoms with van der Waals surface area (Å²) in [5, 5.41) is 21.0. The molecule has 116 valence electrons. The molecular formula is C15H24N4O2. The lowest BCUT2D eigenvalue weighted by Gasteiger charge is -2.32. The molecule has 0 aliphatic carbocycles. The van der Waals surface area contributed by atoms with Gasteiger partial charge >= 0.3 is 0 Å². The summed E-state index contributed by atoms with van der Waals surface area (Å²) in [5.41, 5.74) is 1.23. The van der Waals surface area contributed by atoms with Gasteiger partial charge in [-0.2, -0.15) is 0 Å². The number of aryl methyl sites for hydroxylation is 1. The molecule has 0 spiro atoms. The third kappa shape index (κ3) is 4.99. The predicted octanol–water partition coefficient (Wildman–Crippen LogP) is 1.17. The lowest BCUT2D eigenvalue weighted by Crippen LogP contribution is -2.44. The minimum Gasteiger partial charge on any atom is -0.506 e. The van der Waals surface area contributed by atoms with Gasteiger partial charge in [0.05, 0.1) is 6.21 Å². The van der Waals surface area contributed by atoms with Crippen molar-refractivity contribution >= 4 is 6.21 Å². The number of rotatable bonds is 6. The normalized spacial score (nSPS) is 17.6. The van der Waals surface area contributed by atoms with E-state index in [9.17, 15) is 5.11 Å². The first kappa shape index (κ1) is 15.7. The Hall–Kier alpha value is -1.66. The molecule has 0 unspecified atom stereocenters. The fourth-order valence-corrected chi connectivity index (χ4v) is 2.51. The van der Waals surface area contributed by atoms with Crippen molar-refractivity contribution in [1.29, 1.82) is 0 Å². The van der Waals surface area contributed by atoms with Crippen LogP contribution in [-0.2, 0) is 6.42 Å². The highest BCUT2D eigenvalue weighted by atomic mass is 16.4. The standard InChI is InChI=1S/C15H24N4O2/c1-18-8-10-19(11-9-18)7-3-2-4-13-5-6-15(20)14(17-13)12-16-21/h5-6,12,20-21H,2-4,7-11H2,1H3. The maximum atomic E-state index is 9.55. The Morgan fingerprint density at radius 2 is 2.00 bits per heavy atom. The number of nitrogens with zero attached hydrogens (tertiary/aromatic N) is 4. The quantitative estimate of drug-likeness (QED) is 0.356. The van der Waals surface area contributed by atoms with Crippen LogP contribution in [0, 0.1) is 0 Å². The summed E-state index contributed by atoms with van der Waals surface area (Å²) in [6.07, 6.45) is 4.25. The van der Waals surface area contributed by atoms with Crippen LogP contribution in [0.1, 0.15) is 24.2 Å². The third-order valence-electron chi connectivity index (χ3n) is 3.89. The van der Waals surface area contributed by atoms with Crippen LogP contribution in [0.2, 0.25) is 0 Å². The van der Waals surface area contributed by atoms with Crippen molar-refractivity contribution in [1.82, 2.24) is 14.8 Å². The molecule has 0 bridgehead atoms. The Labute approximate surface area is 125 Å². The van der Waals surface area contributed by atoms with E-state index in [1.165, 1.54) is 0 Å². The molecule has 21 heavy (non-hydrogen) atoms. The van der Waals surface area contributed by atoms with E-state index in [-0.39, 0.29) is 5.75 Å². The lowest BCUT2D eigenvalue weighted by atomic mass is 10.1. The molecule has 0 radical (unpaired) electrons. The van der Waals surface area contributed by atoms with Crippen molar-refractivity contribution in [2.24, 2.45) is 5.16 Å². The van der Waals surface area contributed by atoms with Crippen molar-refractivity contribution in [3.8, 4) is 5.75 Å². The first-order valence-electron chi connectivity index (χ1n) is 7.46. The number of pyridine rings is 1. The molecule has 1 aliphatic rings. The van der Waals surface area contributed by atoms with Gasteiger partial charge in [0, 0.05) is 31.9 Å². The monoisotopic (exact) mass is 292 g/mol. The first-order valence-corrected chi connectivity index (χ1v) is 7.46. The van der Waals surface area contributed by atoms with E-state index in [1.54, 1.807) is 6.07 Å². The van der Waals surface area contributed by atoms with Gasteiger partial charge in [-0.15, -0.1) is 0 Å². The Morgan fingerprint density at radius 3 is 2.71 bits per heavy atom. The van der Waals surface area contributed by atoms with E-state index < -0.39 is 0 Å². The fraction of sp³-hybridized carbons (Fsp3) is 0.600. The summed E-state index contributed by atoms with van der Waals surface area (Å²) >= 11 is 0. The van der Waals surface area contributed by atoms with Gasteiger partial charge in [0.2, 0.25) is 0 Å². The van der Waals surface area contributed by atoms with Crippen LogP contribution >= 0.6 is 0 Å². The zero-order valence-electron chi connectivity index (χ0n) is 12.6. The SMILES string of the molecule is CN1CCN(CCCCc2ccc(O)c(C=NO)n2)CC1. The molecule has 6 nitrogen and oxygen atoms in total. The number of unbranched alkanes of at least 4 members (excludes halogenated alkanes) is 1. The average molecular weight is 292 g/mol. The number of likely N-dealkylation sites (N-methyl/N-ethyl adjacent to an activating group) is 1. The molecule has 1 saturated heterocycles. The molecule has 0 aromatic carbocycles. The summed E-state index contributed by atoms with van der Waals surface area (Å²) in [5.74, 6) is 0.0361. The topological polar surface area (TPSA) is 72.2 Å². The maximum Gasteiger partial charge on any atom is 0.142 e. The van der Waals surface area contributed by atoms with Crippen LogP contribution in [0.15, 0.2) is 17.3 Å². The van der Waals surface area contributed by atoms with Crippen molar-refractivity contribution in [2.75, 3.05) is 39.8 Å². The van der Waals surface area contributed by atoms with Crippen LogP contribution in [0.5, 0.6) is 5.75 Å². The molecule has 1 aliphatic heterocycles. The minimum absolute atomic E-state index is 0.0361. The smallest absolute Gasteiger partial charge is 0.142 e. The van der Waals surface area contributed by atoms with E-state index in [2.05, 4.69) is 27.0 Å². The molecule has 6 heteroatoms. The number of hydrogen-bond acceptors (Lipinski definition) is 6. The van der Waals surface area contributed by atoms with E-state index in [0.717, 1.165) is 63.9 Å². The Balaban J connectivity index is 1.72. The zero-order chi connectivity index (χ0) is 15.1. The lowest BCUT2D eigenvalue weighted by molar-refractivity contribution is 0.152. The molecule has 0 saturated carbocycles. The number of piperazine rings is 1. The highest BCUT2D eigenvalue weighted by Gasteiger charge is 2.12. The molecule has 2 N–H and O–H groups in total. The van der Waals surface area contributed by atoms with Gasteiger partial charge in [-0.1, -0.05) is 5.16 Å². The molecule has 0 atom stereocenters. The van der Waals surface area contributed by atoms with Crippen LogP contribution in [0.25, 0.3) is 0 Å². The van der Waals surface area contributed by atoms with Gasteiger partial charge in [0.15, 0.2) is 0 Å². The van der Waals surface area contributed by atoms with Gasteiger partial charge in [0.1, 0.15) is 11.4 Å². The Morgan fingerprint density at radius 1 is 1.24 bits per heavy atom. The molecule has 0 amide bonds. The second kappa shape index (κ2) is 7.95. The van der Waals surface area contributed by atoms with Gasteiger partial charge in [-0.3, -0.25) is 0 Å². The molecule has 1 fully saturated rings.